The molecule has 8 heteroatoms. The van der Waals surface area contributed by atoms with E-state index in [9.17, 15) is 10.1 Å². The van der Waals surface area contributed by atoms with Gasteiger partial charge in [-0.2, -0.15) is 0 Å². The lowest BCUT2D eigenvalue weighted by molar-refractivity contribution is -0.384. The summed E-state index contributed by atoms with van der Waals surface area (Å²) in [5, 5.41) is 23.8. The molecule has 1 N–H and O–H groups in total. The van der Waals surface area contributed by atoms with Gasteiger partial charge in [0.2, 0.25) is 0 Å². The Balaban J connectivity index is 1.84. The smallest absolute Gasteiger partial charge is 0.269 e. The highest BCUT2D eigenvalue weighted by Gasteiger charge is 2.24. The van der Waals surface area contributed by atoms with Crippen molar-refractivity contribution >= 4 is 17.4 Å². The van der Waals surface area contributed by atoms with Gasteiger partial charge >= 0.3 is 0 Å². The molecule has 1 aromatic heterocycles. The van der Waals surface area contributed by atoms with E-state index in [0.717, 1.165) is 41.8 Å². The van der Waals surface area contributed by atoms with Gasteiger partial charge < -0.3 is 9.88 Å². The summed E-state index contributed by atoms with van der Waals surface area (Å²) in [6, 6.07) is 6.82. The molecule has 128 valence electrons. The third-order valence-electron chi connectivity index (χ3n) is 4.17. The van der Waals surface area contributed by atoms with E-state index in [4.69, 9.17) is 0 Å². The molecule has 1 aliphatic rings. The van der Waals surface area contributed by atoms with Crippen LogP contribution in [0.25, 0.3) is 0 Å². The van der Waals surface area contributed by atoms with Crippen molar-refractivity contribution in [1.29, 1.82) is 0 Å². The summed E-state index contributed by atoms with van der Waals surface area (Å²) < 4.78 is 2.20. The first kappa shape index (κ1) is 16.9. The second kappa shape index (κ2) is 7.31. The fourth-order valence-electron chi connectivity index (χ4n) is 2.94. The van der Waals surface area contributed by atoms with Gasteiger partial charge in [0.05, 0.1) is 4.92 Å². The van der Waals surface area contributed by atoms with Gasteiger partial charge in [-0.25, -0.2) is 0 Å². The Morgan fingerprint density at radius 2 is 1.92 bits per heavy atom. The number of nitrogens with zero attached hydrogens (tertiary/aromatic N) is 4. The summed E-state index contributed by atoms with van der Waals surface area (Å²) in [4.78, 5) is 11.3. The predicted octanol–water partition coefficient (Wildman–Crippen LogP) is 3.39. The maximum atomic E-state index is 10.8. The largest absolute Gasteiger partial charge is 0.317 e. The lowest BCUT2D eigenvalue weighted by Gasteiger charge is -2.24. The summed E-state index contributed by atoms with van der Waals surface area (Å²) in [6.45, 7) is 6.29. The lowest BCUT2D eigenvalue weighted by atomic mass is 9.97. The molecule has 0 aliphatic carbocycles. The van der Waals surface area contributed by atoms with Crippen molar-refractivity contribution in [3.05, 3.63) is 40.2 Å². The van der Waals surface area contributed by atoms with Gasteiger partial charge in [-0.15, -0.1) is 10.2 Å². The zero-order valence-corrected chi connectivity index (χ0v) is 14.6. The van der Waals surface area contributed by atoms with Crippen LogP contribution in [0.5, 0.6) is 0 Å². The number of piperidine rings is 1. The summed E-state index contributed by atoms with van der Waals surface area (Å²) in [6.07, 6.45) is 2.15. The minimum absolute atomic E-state index is 0.0973. The first-order valence-corrected chi connectivity index (χ1v) is 8.95. The second-order valence-electron chi connectivity index (χ2n) is 6.18. The number of nitro groups is 1. The number of rotatable bonds is 5. The highest BCUT2D eigenvalue weighted by Crippen LogP contribution is 2.33. The van der Waals surface area contributed by atoms with Crippen molar-refractivity contribution in [2.45, 2.75) is 48.7 Å². The Labute approximate surface area is 145 Å². The van der Waals surface area contributed by atoms with E-state index >= 15 is 0 Å². The van der Waals surface area contributed by atoms with E-state index in [1.165, 1.54) is 23.9 Å². The molecule has 0 bridgehead atoms. The number of non-ortho nitro benzene ring substituents is 1. The molecule has 1 aromatic carbocycles. The van der Waals surface area contributed by atoms with Crippen molar-refractivity contribution < 1.29 is 4.92 Å². The van der Waals surface area contributed by atoms with Crippen LogP contribution in [0, 0.1) is 10.1 Å². The van der Waals surface area contributed by atoms with Crippen molar-refractivity contribution in [2.24, 2.45) is 0 Å². The van der Waals surface area contributed by atoms with E-state index in [0.29, 0.717) is 5.92 Å². The van der Waals surface area contributed by atoms with Crippen molar-refractivity contribution in [2.75, 3.05) is 13.1 Å². The van der Waals surface area contributed by atoms with E-state index in [1.54, 1.807) is 12.1 Å². The second-order valence-corrected chi connectivity index (χ2v) is 7.22. The first-order valence-electron chi connectivity index (χ1n) is 8.14. The molecule has 7 nitrogen and oxygen atoms in total. The molecule has 1 aliphatic heterocycles. The standard InChI is InChI=1S/C16H21N5O2S/c1-11(2)20-15(12-7-9-17-10-8-12)18-19-16(20)24-14-5-3-13(4-6-14)21(22)23/h3-6,11-12,17H,7-10H2,1-2H3. The maximum absolute atomic E-state index is 10.8. The van der Waals surface area contributed by atoms with E-state index < -0.39 is 0 Å². The van der Waals surface area contributed by atoms with Gasteiger partial charge in [-0.1, -0.05) is 0 Å². The molecule has 0 spiro atoms. The van der Waals surface area contributed by atoms with Crippen LogP contribution in [-0.2, 0) is 0 Å². The molecule has 0 saturated carbocycles. The topological polar surface area (TPSA) is 85.9 Å². The van der Waals surface area contributed by atoms with Crippen LogP contribution in [-0.4, -0.2) is 32.8 Å². The summed E-state index contributed by atoms with van der Waals surface area (Å²) >= 11 is 1.50. The molecule has 0 atom stereocenters. The number of hydrogen-bond acceptors (Lipinski definition) is 6. The van der Waals surface area contributed by atoms with Crippen LogP contribution < -0.4 is 5.32 Å². The molecule has 0 amide bonds. The molecular weight excluding hydrogens is 326 g/mol. The molecule has 2 aromatic rings. The van der Waals surface area contributed by atoms with Crippen molar-refractivity contribution in [1.82, 2.24) is 20.1 Å². The SMILES string of the molecule is CC(C)n1c(Sc2ccc([N+](=O)[O-])cc2)nnc1C1CCNCC1. The summed E-state index contributed by atoms with van der Waals surface area (Å²) in [5.74, 6) is 1.49. The number of nitro benzene ring substituents is 1. The molecule has 1 fully saturated rings. The molecule has 1 saturated heterocycles. The molecule has 0 unspecified atom stereocenters. The van der Waals surface area contributed by atoms with E-state index in [2.05, 4.69) is 33.9 Å². The van der Waals surface area contributed by atoms with Gasteiger partial charge in [0.15, 0.2) is 5.16 Å². The average Bonchev–Trinajstić information content (AvgIpc) is 3.00. The molecule has 3 rings (SSSR count). The van der Waals surface area contributed by atoms with Crippen molar-refractivity contribution in [3.63, 3.8) is 0 Å². The number of benzene rings is 1. The van der Waals surface area contributed by atoms with Gasteiger partial charge in [0.25, 0.3) is 5.69 Å². The monoisotopic (exact) mass is 347 g/mol. The van der Waals surface area contributed by atoms with Gasteiger partial charge in [0.1, 0.15) is 5.82 Å². The van der Waals surface area contributed by atoms with Gasteiger partial charge in [-0.05, 0) is 63.7 Å². The molecule has 0 radical (unpaired) electrons. The average molecular weight is 347 g/mol. The Bertz CT molecular complexity index is 708. The summed E-state index contributed by atoms with van der Waals surface area (Å²) in [5.41, 5.74) is 0.0973. The Kier molecular flexibility index (Phi) is 5.15. The van der Waals surface area contributed by atoms with Crippen LogP contribution >= 0.6 is 11.8 Å². The zero-order valence-electron chi connectivity index (χ0n) is 13.8. The number of hydrogen-bond donors (Lipinski definition) is 1. The normalized spacial score (nSPS) is 15.8. The van der Waals surface area contributed by atoms with Gasteiger partial charge in [0, 0.05) is 29.0 Å². The first-order chi connectivity index (χ1) is 11.6. The Morgan fingerprint density at radius 1 is 1.25 bits per heavy atom. The lowest BCUT2D eigenvalue weighted by Crippen LogP contribution is -2.28. The molecule has 2 heterocycles. The highest BCUT2D eigenvalue weighted by molar-refractivity contribution is 7.99. The number of nitrogens with one attached hydrogen (secondary N) is 1. The van der Waals surface area contributed by atoms with Crippen LogP contribution in [0.3, 0.4) is 0 Å². The predicted molar refractivity (Wildman–Crippen MR) is 92.5 cm³/mol. The third-order valence-corrected chi connectivity index (χ3v) is 5.14. The number of aromatic nitrogens is 3. The van der Waals surface area contributed by atoms with Crippen molar-refractivity contribution in [3.8, 4) is 0 Å². The molecular formula is C16H21N5O2S. The van der Waals surface area contributed by atoms with E-state index in [1.807, 2.05) is 0 Å². The minimum atomic E-state index is -0.389. The fraction of sp³-hybridized carbons (Fsp3) is 0.500. The zero-order chi connectivity index (χ0) is 17.1. The highest BCUT2D eigenvalue weighted by atomic mass is 32.2. The maximum Gasteiger partial charge on any atom is 0.269 e. The fourth-order valence-corrected chi connectivity index (χ4v) is 3.91. The van der Waals surface area contributed by atoms with Crippen LogP contribution in [0.2, 0.25) is 0 Å². The minimum Gasteiger partial charge on any atom is -0.317 e. The Morgan fingerprint density at radius 3 is 2.50 bits per heavy atom. The quantitative estimate of drug-likeness (QED) is 0.659. The van der Waals surface area contributed by atoms with Gasteiger partial charge in [-0.3, -0.25) is 10.1 Å². The Hall–Kier alpha value is -1.93. The third kappa shape index (κ3) is 3.59. The van der Waals surface area contributed by atoms with E-state index in [-0.39, 0.29) is 16.7 Å². The van der Waals surface area contributed by atoms with Crippen LogP contribution in [0.4, 0.5) is 5.69 Å². The summed E-state index contributed by atoms with van der Waals surface area (Å²) in [7, 11) is 0. The van der Waals surface area contributed by atoms with Crippen LogP contribution in [0.15, 0.2) is 34.3 Å². The van der Waals surface area contributed by atoms with Crippen LogP contribution in [0.1, 0.15) is 44.5 Å². The molecule has 24 heavy (non-hydrogen) atoms.